The summed E-state index contributed by atoms with van der Waals surface area (Å²) in [5.41, 5.74) is 3.14. The van der Waals surface area contributed by atoms with Crippen molar-refractivity contribution in [3.8, 4) is 11.3 Å². The molecule has 0 saturated heterocycles. The monoisotopic (exact) mass is 686 g/mol. The summed E-state index contributed by atoms with van der Waals surface area (Å²) in [7, 11) is 3.75. The van der Waals surface area contributed by atoms with Crippen LogP contribution in [-0.2, 0) is 17.8 Å². The molecule has 1 N–H and O–H groups in total. The van der Waals surface area contributed by atoms with Crippen LogP contribution in [0.3, 0.4) is 0 Å². The van der Waals surface area contributed by atoms with Gasteiger partial charge in [-0.1, -0.05) is 13.0 Å². The summed E-state index contributed by atoms with van der Waals surface area (Å²) in [5, 5.41) is 3.07. The number of carbonyl (C=O) groups is 1. The minimum absolute atomic E-state index is 0.00123. The molecule has 220 valence electrons. The van der Waals surface area contributed by atoms with Crippen LogP contribution < -0.4 is 5.32 Å². The zero-order valence-corrected chi connectivity index (χ0v) is 26.0. The number of hydrogen-bond acceptors (Lipinski definition) is 7. The topological polar surface area (TPSA) is 92.1 Å². The maximum absolute atomic E-state index is 15.3. The second-order valence-electron chi connectivity index (χ2n) is 11.6. The fourth-order valence-electron chi connectivity index (χ4n) is 5.92. The van der Waals surface area contributed by atoms with Crippen LogP contribution in [0.15, 0.2) is 30.5 Å². The van der Waals surface area contributed by atoms with Gasteiger partial charge in [0.05, 0.1) is 18.3 Å². The highest BCUT2D eigenvalue weighted by Gasteiger charge is 2.26. The highest BCUT2D eigenvalue weighted by atomic mass is 127. The molecule has 0 spiro atoms. The van der Waals surface area contributed by atoms with Crippen molar-refractivity contribution >= 4 is 51.3 Å². The van der Waals surface area contributed by atoms with Gasteiger partial charge in [0.15, 0.2) is 15.5 Å². The molecule has 1 fully saturated rings. The first-order chi connectivity index (χ1) is 20.2. The lowest BCUT2D eigenvalue weighted by atomic mass is 9.87. The van der Waals surface area contributed by atoms with Gasteiger partial charge in [0.25, 0.3) is 0 Å². The van der Waals surface area contributed by atoms with Crippen molar-refractivity contribution in [2.24, 2.45) is 5.92 Å². The number of rotatable bonds is 6. The summed E-state index contributed by atoms with van der Waals surface area (Å²) < 4.78 is 33.2. The van der Waals surface area contributed by atoms with Crippen molar-refractivity contribution in [1.29, 1.82) is 0 Å². The highest BCUT2D eigenvalue weighted by molar-refractivity contribution is 14.1. The fraction of sp³-hybridized carbons (Fsp3) is 0.433. The van der Waals surface area contributed by atoms with Crippen LogP contribution in [0.1, 0.15) is 49.9 Å². The van der Waals surface area contributed by atoms with E-state index in [0.717, 1.165) is 47.0 Å². The Morgan fingerprint density at radius 3 is 2.64 bits per heavy atom. The lowest BCUT2D eigenvalue weighted by Crippen LogP contribution is -2.41. The Labute approximate surface area is 256 Å². The van der Waals surface area contributed by atoms with E-state index in [1.165, 1.54) is 6.07 Å². The number of hydrogen-bond donors (Lipinski definition) is 1. The van der Waals surface area contributed by atoms with Gasteiger partial charge in [0.1, 0.15) is 17.0 Å². The highest BCUT2D eigenvalue weighted by Crippen LogP contribution is 2.37. The Hall–Kier alpha value is -3.26. The number of amides is 1. The minimum atomic E-state index is -0.646. The van der Waals surface area contributed by atoms with Crippen molar-refractivity contribution in [3.05, 3.63) is 57.2 Å². The number of benzene rings is 1. The molecule has 0 unspecified atom stereocenters. The maximum atomic E-state index is 15.3. The number of anilines is 2. The second kappa shape index (κ2) is 11.8. The Morgan fingerprint density at radius 1 is 1.10 bits per heavy atom. The molecule has 3 aromatic heterocycles. The molecule has 1 aliphatic carbocycles. The Bertz CT molecular complexity index is 1650. The number of fused-ring (bicyclic) bond motifs is 2. The molecule has 6 rings (SSSR count). The maximum Gasteiger partial charge on any atom is 0.237 e. The zero-order valence-electron chi connectivity index (χ0n) is 23.9. The largest absolute Gasteiger partial charge is 0.337 e. The first-order valence-electron chi connectivity index (χ1n) is 14.2. The lowest BCUT2D eigenvalue weighted by molar-refractivity contribution is -0.132. The van der Waals surface area contributed by atoms with Gasteiger partial charge in [-0.2, -0.15) is 0 Å². The third-order valence-electron chi connectivity index (χ3n) is 8.17. The van der Waals surface area contributed by atoms with Crippen molar-refractivity contribution in [2.45, 2.75) is 51.6 Å². The molecule has 9 nitrogen and oxygen atoms in total. The molecule has 0 radical (unpaired) electrons. The molecular formula is C30H33F2IN8O. The van der Waals surface area contributed by atoms with Crippen LogP contribution in [0.25, 0.3) is 22.3 Å². The number of pyridine rings is 1. The number of imidazole rings is 1. The van der Waals surface area contributed by atoms with Crippen molar-refractivity contribution in [1.82, 2.24) is 34.3 Å². The molecule has 0 bridgehead atoms. The van der Waals surface area contributed by atoms with Crippen LogP contribution in [0, 0.1) is 21.4 Å². The smallest absolute Gasteiger partial charge is 0.237 e. The molecule has 1 aliphatic heterocycles. The normalized spacial score (nSPS) is 18.9. The summed E-state index contributed by atoms with van der Waals surface area (Å²) >= 11 is 2.16. The molecule has 1 amide bonds. The predicted molar refractivity (Wildman–Crippen MR) is 165 cm³/mol. The van der Waals surface area contributed by atoms with Gasteiger partial charge in [-0.05, 0) is 92.0 Å². The first kappa shape index (κ1) is 28.8. The third kappa shape index (κ3) is 5.83. The van der Waals surface area contributed by atoms with Crippen molar-refractivity contribution < 1.29 is 13.6 Å². The van der Waals surface area contributed by atoms with Crippen LogP contribution >= 0.6 is 22.6 Å². The Balaban J connectivity index is 1.26. The van der Waals surface area contributed by atoms with E-state index in [9.17, 15) is 4.79 Å². The standard InChI is InChI=1S/C30H33F2IN8O/c1-17-4-7-20(8-5-17)41-24-13-19(12-21(31)28(24)37-29(41)33)27-22(32)14-34-30(38-27)36-25-9-6-18-15-40(11-10-23(18)35-25)26(42)16-39(2)3/h6,9,12-14,17,20H,4-5,7-8,10-11,15-16H2,1-3H3,(H,34,35,36,38). The number of likely N-dealkylation sites (N-methyl/N-ethyl adjacent to an activating group) is 1. The predicted octanol–water partition coefficient (Wildman–Crippen LogP) is 5.71. The van der Waals surface area contributed by atoms with Crippen molar-refractivity contribution in [2.75, 3.05) is 32.5 Å². The van der Waals surface area contributed by atoms with Gasteiger partial charge < -0.3 is 19.7 Å². The van der Waals surface area contributed by atoms with Crippen molar-refractivity contribution in [3.63, 3.8) is 0 Å². The number of halogens is 3. The van der Waals surface area contributed by atoms with E-state index in [4.69, 9.17) is 4.98 Å². The number of carbonyl (C=O) groups excluding carboxylic acids is 1. The Kier molecular flexibility index (Phi) is 8.09. The average molecular weight is 687 g/mol. The second-order valence-corrected chi connectivity index (χ2v) is 12.6. The van der Waals surface area contributed by atoms with Crippen LogP contribution in [-0.4, -0.2) is 67.4 Å². The molecule has 2 aliphatic rings. The van der Waals surface area contributed by atoms with Gasteiger partial charge >= 0.3 is 0 Å². The summed E-state index contributed by atoms with van der Waals surface area (Å²) in [4.78, 5) is 33.9. The van der Waals surface area contributed by atoms with Gasteiger partial charge in [-0.25, -0.2) is 28.7 Å². The molecule has 1 saturated carbocycles. The molecule has 12 heteroatoms. The Morgan fingerprint density at radius 2 is 1.88 bits per heavy atom. The van der Waals surface area contributed by atoms with E-state index >= 15 is 8.78 Å². The van der Waals surface area contributed by atoms with E-state index in [-0.39, 0.29) is 29.1 Å². The van der Waals surface area contributed by atoms with Gasteiger partial charge in [0, 0.05) is 36.8 Å². The van der Waals surface area contributed by atoms with Gasteiger partial charge in [-0.3, -0.25) is 4.79 Å². The number of nitrogens with zero attached hydrogens (tertiary/aromatic N) is 7. The number of aromatic nitrogens is 5. The van der Waals surface area contributed by atoms with Crippen LogP contribution in [0.2, 0.25) is 0 Å². The average Bonchev–Trinajstić information content (AvgIpc) is 3.30. The summed E-state index contributed by atoms with van der Waals surface area (Å²) in [5.74, 6) is 0.277. The molecule has 1 aromatic carbocycles. The summed E-state index contributed by atoms with van der Waals surface area (Å²) in [6, 6.07) is 7.02. The SMILES string of the molecule is CC1CCC(n2c(I)nc3c(F)cc(-c4nc(Nc5ccc6c(n5)CCN(C(=O)CN(C)C)C6)ncc4F)cc32)CC1. The van der Waals surface area contributed by atoms with Gasteiger partial charge in [-0.15, -0.1) is 0 Å². The van der Waals surface area contributed by atoms with E-state index in [2.05, 4.69) is 54.4 Å². The minimum Gasteiger partial charge on any atom is -0.337 e. The summed E-state index contributed by atoms with van der Waals surface area (Å²) in [6.45, 7) is 3.73. The fourth-order valence-corrected chi connectivity index (χ4v) is 6.82. The molecular weight excluding hydrogens is 653 g/mol. The van der Waals surface area contributed by atoms with Gasteiger partial charge in [0.2, 0.25) is 11.9 Å². The van der Waals surface area contributed by atoms with Crippen LogP contribution in [0.5, 0.6) is 0 Å². The molecule has 4 aromatic rings. The van der Waals surface area contributed by atoms with E-state index < -0.39 is 11.6 Å². The number of nitrogens with one attached hydrogen (secondary N) is 1. The molecule has 42 heavy (non-hydrogen) atoms. The summed E-state index contributed by atoms with van der Waals surface area (Å²) in [6.07, 6.45) is 5.95. The van der Waals surface area contributed by atoms with E-state index in [0.29, 0.717) is 48.9 Å². The molecule has 4 heterocycles. The lowest BCUT2D eigenvalue weighted by Gasteiger charge is -2.29. The van der Waals surface area contributed by atoms with E-state index in [1.54, 1.807) is 12.1 Å². The zero-order chi connectivity index (χ0) is 29.5. The van der Waals surface area contributed by atoms with E-state index in [1.807, 2.05) is 30.0 Å². The molecule has 0 atom stereocenters. The van der Waals surface area contributed by atoms with Crippen LogP contribution in [0.4, 0.5) is 20.5 Å². The third-order valence-corrected chi connectivity index (χ3v) is 8.93. The quantitative estimate of drug-likeness (QED) is 0.260. The first-order valence-corrected chi connectivity index (χ1v) is 15.3.